The van der Waals surface area contributed by atoms with Crippen molar-refractivity contribution in [3.05, 3.63) is 80.4 Å². The lowest BCUT2D eigenvalue weighted by molar-refractivity contribution is -0.657. The standard InChI is InChI=1S/C18H14BrN2O3/c1-12-6-7-14(9-17(12)21(23)24)18(22)11-20-10-15(19)8-13-4-2-3-5-16(13)20/h2-10H,11H2,1H3/q+1. The summed E-state index contributed by atoms with van der Waals surface area (Å²) >= 11 is 3.45. The fourth-order valence-electron chi connectivity index (χ4n) is 2.63. The Labute approximate surface area is 146 Å². The molecule has 0 radical (unpaired) electrons. The highest BCUT2D eigenvalue weighted by molar-refractivity contribution is 9.10. The van der Waals surface area contributed by atoms with Crippen LogP contribution in [-0.2, 0) is 6.54 Å². The summed E-state index contributed by atoms with van der Waals surface area (Å²) < 4.78 is 2.71. The van der Waals surface area contributed by atoms with Crippen molar-refractivity contribution in [2.75, 3.05) is 0 Å². The van der Waals surface area contributed by atoms with Gasteiger partial charge in [0, 0.05) is 28.6 Å². The number of aryl methyl sites for hydroxylation is 1. The van der Waals surface area contributed by atoms with Gasteiger partial charge in [-0.25, -0.2) is 0 Å². The van der Waals surface area contributed by atoms with E-state index < -0.39 is 4.92 Å². The molecule has 2 aromatic carbocycles. The number of nitro benzene ring substituents is 1. The smallest absolute Gasteiger partial charge is 0.273 e. The summed E-state index contributed by atoms with van der Waals surface area (Å²) in [5.41, 5.74) is 1.77. The molecule has 0 spiro atoms. The van der Waals surface area contributed by atoms with Gasteiger partial charge in [-0.3, -0.25) is 14.9 Å². The highest BCUT2D eigenvalue weighted by Crippen LogP contribution is 2.20. The first kappa shape index (κ1) is 16.3. The van der Waals surface area contributed by atoms with E-state index in [0.29, 0.717) is 11.1 Å². The third kappa shape index (κ3) is 3.19. The van der Waals surface area contributed by atoms with Gasteiger partial charge in [-0.15, -0.1) is 0 Å². The normalized spacial score (nSPS) is 10.8. The van der Waals surface area contributed by atoms with E-state index in [0.717, 1.165) is 15.4 Å². The third-order valence-electron chi connectivity index (χ3n) is 3.86. The molecular formula is C18H14BrN2O3+. The number of para-hydroxylation sites is 1. The fraction of sp³-hybridized carbons (Fsp3) is 0.111. The Balaban J connectivity index is 1.99. The minimum Gasteiger partial charge on any atom is -0.287 e. The molecule has 3 aromatic rings. The van der Waals surface area contributed by atoms with Crippen molar-refractivity contribution in [1.29, 1.82) is 0 Å². The van der Waals surface area contributed by atoms with E-state index in [1.54, 1.807) is 19.1 Å². The topological polar surface area (TPSA) is 64.1 Å². The maximum absolute atomic E-state index is 12.6. The van der Waals surface area contributed by atoms with Crippen molar-refractivity contribution in [3.8, 4) is 0 Å². The van der Waals surface area contributed by atoms with Crippen LogP contribution in [0.3, 0.4) is 0 Å². The van der Waals surface area contributed by atoms with E-state index >= 15 is 0 Å². The van der Waals surface area contributed by atoms with Crippen LogP contribution in [0.5, 0.6) is 0 Å². The van der Waals surface area contributed by atoms with Crippen LogP contribution >= 0.6 is 15.9 Å². The lowest BCUT2D eigenvalue weighted by atomic mass is 10.1. The molecule has 1 heterocycles. The van der Waals surface area contributed by atoms with Crippen LogP contribution in [0.1, 0.15) is 15.9 Å². The first-order valence-electron chi connectivity index (χ1n) is 7.31. The summed E-state index contributed by atoms with van der Waals surface area (Å²) in [6, 6.07) is 14.3. The minimum atomic E-state index is -0.465. The quantitative estimate of drug-likeness (QED) is 0.295. The number of hydrogen-bond donors (Lipinski definition) is 0. The molecule has 0 bridgehead atoms. The molecule has 0 aliphatic heterocycles. The number of carbonyl (C=O) groups is 1. The van der Waals surface area contributed by atoms with Gasteiger partial charge in [0.15, 0.2) is 6.20 Å². The maximum Gasteiger partial charge on any atom is 0.273 e. The average Bonchev–Trinajstić information content (AvgIpc) is 2.54. The first-order valence-corrected chi connectivity index (χ1v) is 8.11. The number of carbonyl (C=O) groups excluding carboxylic acids is 1. The largest absolute Gasteiger partial charge is 0.287 e. The van der Waals surface area contributed by atoms with Crippen molar-refractivity contribution >= 4 is 38.3 Å². The van der Waals surface area contributed by atoms with E-state index in [2.05, 4.69) is 15.9 Å². The third-order valence-corrected chi connectivity index (χ3v) is 4.29. The van der Waals surface area contributed by atoms with Gasteiger partial charge in [-0.05, 0) is 35.0 Å². The number of halogens is 1. The number of benzene rings is 2. The fourth-order valence-corrected chi connectivity index (χ4v) is 3.13. The van der Waals surface area contributed by atoms with E-state index in [4.69, 9.17) is 0 Å². The molecule has 0 atom stereocenters. The molecule has 24 heavy (non-hydrogen) atoms. The molecule has 0 unspecified atom stereocenters. The van der Waals surface area contributed by atoms with Gasteiger partial charge in [0.2, 0.25) is 17.8 Å². The van der Waals surface area contributed by atoms with Crippen LogP contribution in [0.4, 0.5) is 5.69 Å². The Morgan fingerprint density at radius 2 is 1.96 bits per heavy atom. The van der Waals surface area contributed by atoms with Crippen LogP contribution in [-0.4, -0.2) is 10.7 Å². The zero-order chi connectivity index (χ0) is 17.3. The summed E-state index contributed by atoms with van der Waals surface area (Å²) in [6.07, 6.45) is 1.84. The Morgan fingerprint density at radius 1 is 1.21 bits per heavy atom. The second-order valence-corrected chi connectivity index (χ2v) is 6.44. The molecule has 0 saturated heterocycles. The lowest BCUT2D eigenvalue weighted by Crippen LogP contribution is -2.38. The highest BCUT2D eigenvalue weighted by atomic mass is 79.9. The molecule has 0 N–H and O–H groups in total. The van der Waals surface area contributed by atoms with Gasteiger partial charge < -0.3 is 0 Å². The van der Waals surface area contributed by atoms with Crippen molar-refractivity contribution in [2.45, 2.75) is 13.5 Å². The van der Waals surface area contributed by atoms with Crippen molar-refractivity contribution in [2.24, 2.45) is 0 Å². The summed E-state index contributed by atoms with van der Waals surface area (Å²) in [4.78, 5) is 23.2. The zero-order valence-electron chi connectivity index (χ0n) is 12.9. The van der Waals surface area contributed by atoms with Crippen LogP contribution in [0.15, 0.2) is 59.2 Å². The number of rotatable bonds is 4. The molecular weight excluding hydrogens is 372 g/mol. The van der Waals surface area contributed by atoms with Crippen LogP contribution in [0.25, 0.3) is 10.9 Å². The molecule has 0 fully saturated rings. The number of pyridine rings is 1. The molecule has 120 valence electrons. The molecule has 1 aromatic heterocycles. The van der Waals surface area contributed by atoms with Crippen LogP contribution < -0.4 is 4.57 Å². The molecule has 5 nitrogen and oxygen atoms in total. The number of nitrogens with zero attached hydrogens (tertiary/aromatic N) is 2. The van der Waals surface area contributed by atoms with Gasteiger partial charge >= 0.3 is 0 Å². The predicted octanol–water partition coefficient (Wildman–Crippen LogP) is 3.99. The average molecular weight is 386 g/mol. The number of fused-ring (bicyclic) bond motifs is 1. The van der Waals surface area contributed by atoms with E-state index in [1.807, 2.05) is 41.1 Å². The summed E-state index contributed by atoms with van der Waals surface area (Å²) in [5, 5.41) is 12.1. The number of aromatic nitrogens is 1. The maximum atomic E-state index is 12.6. The monoisotopic (exact) mass is 385 g/mol. The van der Waals surface area contributed by atoms with E-state index in [9.17, 15) is 14.9 Å². The molecule has 0 saturated carbocycles. The van der Waals surface area contributed by atoms with E-state index in [1.165, 1.54) is 6.07 Å². The van der Waals surface area contributed by atoms with Crippen molar-refractivity contribution in [1.82, 2.24) is 0 Å². The minimum absolute atomic E-state index is 0.0371. The summed E-state index contributed by atoms with van der Waals surface area (Å²) in [7, 11) is 0. The Kier molecular flexibility index (Phi) is 4.40. The summed E-state index contributed by atoms with van der Waals surface area (Å²) in [5.74, 6) is -0.175. The molecule has 0 aliphatic carbocycles. The Hall–Kier alpha value is -2.60. The second kappa shape index (κ2) is 6.49. The summed E-state index contributed by atoms with van der Waals surface area (Å²) in [6.45, 7) is 1.77. The Morgan fingerprint density at radius 3 is 2.71 bits per heavy atom. The second-order valence-electron chi connectivity index (χ2n) is 5.53. The van der Waals surface area contributed by atoms with Gasteiger partial charge in [0.1, 0.15) is 0 Å². The van der Waals surface area contributed by atoms with E-state index in [-0.39, 0.29) is 18.0 Å². The Bertz CT molecular complexity index is 970. The predicted molar refractivity (Wildman–Crippen MR) is 94.0 cm³/mol. The first-order chi connectivity index (χ1) is 11.5. The van der Waals surface area contributed by atoms with Crippen LogP contribution in [0.2, 0.25) is 0 Å². The molecule has 3 rings (SSSR count). The number of hydrogen-bond acceptors (Lipinski definition) is 3. The number of nitro groups is 1. The lowest BCUT2D eigenvalue weighted by Gasteiger charge is -2.04. The van der Waals surface area contributed by atoms with Gasteiger partial charge in [0.05, 0.1) is 9.40 Å². The van der Waals surface area contributed by atoms with Crippen LogP contribution in [0, 0.1) is 17.0 Å². The van der Waals surface area contributed by atoms with Gasteiger partial charge in [0.25, 0.3) is 5.69 Å². The SMILES string of the molecule is Cc1ccc(C(=O)C[n+]2cc(Br)cc3ccccc32)cc1[N+](=O)[O-]. The molecule has 0 aliphatic rings. The van der Waals surface area contributed by atoms with Gasteiger partial charge in [-0.1, -0.05) is 24.3 Å². The van der Waals surface area contributed by atoms with Crippen molar-refractivity contribution in [3.63, 3.8) is 0 Å². The highest BCUT2D eigenvalue weighted by Gasteiger charge is 2.19. The van der Waals surface area contributed by atoms with Crippen molar-refractivity contribution < 1.29 is 14.3 Å². The molecule has 0 amide bonds. The van der Waals surface area contributed by atoms with Gasteiger partial charge in [-0.2, -0.15) is 4.57 Å². The molecule has 6 heteroatoms. The zero-order valence-corrected chi connectivity index (χ0v) is 14.5. The number of Topliss-reactive ketones (excluding diaryl/α,β-unsaturated/α-hetero) is 1. The number of ketones is 1.